The predicted octanol–water partition coefficient (Wildman–Crippen LogP) is 2.39. The fourth-order valence-electron chi connectivity index (χ4n) is 2.79. The summed E-state index contributed by atoms with van der Waals surface area (Å²) >= 11 is 23.9. The van der Waals surface area contributed by atoms with Crippen LogP contribution in [0.5, 0.6) is 0 Å². The number of nitrogens with zero attached hydrogens (tertiary/aromatic N) is 2. The zero-order valence-electron chi connectivity index (χ0n) is 16.1. The van der Waals surface area contributed by atoms with E-state index in [1.807, 2.05) is 0 Å². The Labute approximate surface area is 205 Å². The molecule has 1 saturated heterocycles. The Bertz CT molecular complexity index is 1250. The third-order valence-electron chi connectivity index (χ3n) is 4.27. The summed E-state index contributed by atoms with van der Waals surface area (Å²) in [5.41, 5.74) is 5.90. The van der Waals surface area contributed by atoms with E-state index in [1.165, 1.54) is 36.4 Å². The summed E-state index contributed by atoms with van der Waals surface area (Å²) in [4.78, 5) is 62.2. The number of rotatable bonds is 4. The molecule has 0 spiro atoms. The third kappa shape index (κ3) is 5.09. The van der Waals surface area contributed by atoms with Crippen molar-refractivity contribution in [2.75, 3.05) is 10.2 Å². The fourth-order valence-corrected chi connectivity index (χ4v) is 3.73. The van der Waals surface area contributed by atoms with Crippen molar-refractivity contribution in [2.24, 2.45) is 16.8 Å². The molecular weight excluding hydrogens is 520 g/mol. The molecule has 2 aromatic carbocycles. The van der Waals surface area contributed by atoms with Gasteiger partial charge in [0.2, 0.25) is 5.91 Å². The normalized spacial score (nSPS) is 16.8. The lowest BCUT2D eigenvalue weighted by Gasteiger charge is -2.16. The van der Waals surface area contributed by atoms with Gasteiger partial charge >= 0.3 is 11.8 Å². The first-order chi connectivity index (χ1) is 15.5. The summed E-state index contributed by atoms with van der Waals surface area (Å²) in [5, 5.41) is 6.42. The first-order valence-electron chi connectivity index (χ1n) is 8.78. The van der Waals surface area contributed by atoms with Gasteiger partial charge < -0.3 is 11.1 Å². The quantitative estimate of drug-likeness (QED) is 0.240. The summed E-state index contributed by atoms with van der Waals surface area (Å²) < 4.78 is 0. The highest BCUT2D eigenvalue weighted by Gasteiger charge is 2.50. The van der Waals surface area contributed by atoms with Crippen LogP contribution >= 0.6 is 46.4 Å². The van der Waals surface area contributed by atoms with Gasteiger partial charge in [-0.2, -0.15) is 5.10 Å². The van der Waals surface area contributed by atoms with Crippen LogP contribution in [0.2, 0.25) is 20.1 Å². The second-order valence-corrected chi connectivity index (χ2v) is 8.11. The van der Waals surface area contributed by atoms with Crippen LogP contribution in [-0.4, -0.2) is 35.2 Å². The number of benzene rings is 2. The van der Waals surface area contributed by atoms with Crippen LogP contribution in [0.25, 0.3) is 0 Å². The van der Waals surface area contributed by atoms with E-state index in [9.17, 15) is 24.0 Å². The average molecular weight is 531 g/mol. The van der Waals surface area contributed by atoms with Crippen LogP contribution in [0.4, 0.5) is 11.4 Å². The topological polar surface area (TPSA) is 151 Å². The van der Waals surface area contributed by atoms with Crippen LogP contribution in [0.1, 0.15) is 0 Å². The van der Waals surface area contributed by atoms with Crippen molar-refractivity contribution in [2.45, 2.75) is 0 Å². The summed E-state index contributed by atoms with van der Waals surface area (Å²) in [6, 6.07) is 8.11. The molecule has 0 saturated carbocycles. The first kappa shape index (κ1) is 24.5. The number of primary amides is 1. The van der Waals surface area contributed by atoms with E-state index in [2.05, 4.69) is 10.4 Å². The highest BCUT2D eigenvalue weighted by atomic mass is 35.5. The largest absolute Gasteiger partial charge is 0.361 e. The van der Waals surface area contributed by atoms with Gasteiger partial charge in [-0.15, -0.1) is 0 Å². The molecule has 0 radical (unpaired) electrons. The molecule has 4 N–H and O–H groups in total. The lowest BCUT2D eigenvalue weighted by atomic mass is 10.0. The molecule has 1 aliphatic rings. The molecule has 0 bridgehead atoms. The zero-order valence-corrected chi connectivity index (χ0v) is 19.1. The molecule has 10 nitrogen and oxygen atoms in total. The maximum Gasteiger partial charge on any atom is 0.329 e. The number of nitrogens with two attached hydrogens (primary N) is 1. The lowest BCUT2D eigenvalue weighted by Crippen LogP contribution is -2.37. The van der Waals surface area contributed by atoms with Crippen molar-refractivity contribution in [3.8, 4) is 0 Å². The number of hydrogen-bond donors (Lipinski definition) is 3. The van der Waals surface area contributed by atoms with Gasteiger partial charge in [-0.3, -0.25) is 24.0 Å². The van der Waals surface area contributed by atoms with Gasteiger partial charge in [-0.1, -0.05) is 46.4 Å². The minimum atomic E-state index is -1.83. The molecule has 33 heavy (non-hydrogen) atoms. The van der Waals surface area contributed by atoms with Crippen molar-refractivity contribution < 1.29 is 24.0 Å². The van der Waals surface area contributed by atoms with Gasteiger partial charge in [0.1, 0.15) is 5.71 Å². The van der Waals surface area contributed by atoms with Gasteiger partial charge in [0.05, 0.1) is 21.4 Å². The standard InChI is InChI=1S/C19H11Cl4N5O5/c20-7-1-3-11(9(22)5-7)25-16(30)13-14(26-27-17(31)15(24)29)19(33)28(18(13)32)12-4-2-8(21)6-10(12)23/h1-6,13H,(H2,24,29)(H,25,30)(H,27,31)/b26-14-/t13-/m0/s1. The molecule has 1 fully saturated rings. The number of carbonyl (C=O) groups excluding carboxylic acids is 5. The van der Waals surface area contributed by atoms with E-state index >= 15 is 0 Å². The zero-order chi connectivity index (χ0) is 24.4. The second-order valence-electron chi connectivity index (χ2n) is 6.42. The van der Waals surface area contributed by atoms with Crippen molar-refractivity contribution in [1.29, 1.82) is 0 Å². The van der Waals surface area contributed by atoms with E-state index in [-0.39, 0.29) is 26.4 Å². The van der Waals surface area contributed by atoms with E-state index in [0.717, 1.165) is 0 Å². The van der Waals surface area contributed by atoms with Gasteiger partial charge in [0.25, 0.3) is 11.8 Å². The molecule has 2 aromatic rings. The van der Waals surface area contributed by atoms with Crippen molar-refractivity contribution in [1.82, 2.24) is 5.43 Å². The number of halogens is 4. The molecule has 14 heteroatoms. The molecule has 170 valence electrons. The van der Waals surface area contributed by atoms with Gasteiger partial charge in [0, 0.05) is 10.0 Å². The van der Waals surface area contributed by atoms with Crippen molar-refractivity contribution in [3.63, 3.8) is 0 Å². The number of hydrogen-bond acceptors (Lipinski definition) is 6. The van der Waals surface area contributed by atoms with Crippen molar-refractivity contribution in [3.05, 3.63) is 56.5 Å². The highest BCUT2D eigenvalue weighted by Crippen LogP contribution is 2.34. The Morgan fingerprint density at radius 2 is 1.55 bits per heavy atom. The van der Waals surface area contributed by atoms with Gasteiger partial charge in [0.15, 0.2) is 5.92 Å². The number of imide groups is 1. The maximum atomic E-state index is 13.1. The van der Waals surface area contributed by atoms with Crippen LogP contribution in [0, 0.1) is 5.92 Å². The lowest BCUT2D eigenvalue weighted by molar-refractivity contribution is -0.137. The Morgan fingerprint density at radius 3 is 2.12 bits per heavy atom. The van der Waals surface area contributed by atoms with Crippen LogP contribution < -0.4 is 21.4 Å². The minimum Gasteiger partial charge on any atom is -0.361 e. The molecule has 1 atom stereocenters. The summed E-state index contributed by atoms with van der Waals surface area (Å²) in [5.74, 6) is -7.70. The van der Waals surface area contributed by atoms with Crippen LogP contribution in [0.3, 0.4) is 0 Å². The molecule has 0 aliphatic carbocycles. The summed E-state index contributed by atoms with van der Waals surface area (Å²) in [6.45, 7) is 0. The molecule has 0 unspecified atom stereocenters. The molecular formula is C19H11Cl4N5O5. The monoisotopic (exact) mass is 529 g/mol. The minimum absolute atomic E-state index is 0.0609. The number of nitrogens with one attached hydrogen (secondary N) is 2. The molecule has 0 aromatic heterocycles. The van der Waals surface area contributed by atoms with Gasteiger partial charge in [-0.25, -0.2) is 10.3 Å². The Morgan fingerprint density at radius 1 is 0.939 bits per heavy atom. The summed E-state index contributed by atoms with van der Waals surface area (Å²) in [7, 11) is 0. The van der Waals surface area contributed by atoms with Crippen LogP contribution in [-0.2, 0) is 24.0 Å². The summed E-state index contributed by atoms with van der Waals surface area (Å²) in [6.07, 6.45) is 0. The Hall–Kier alpha value is -3.18. The number of hydrazone groups is 1. The second kappa shape index (κ2) is 9.75. The van der Waals surface area contributed by atoms with E-state index in [4.69, 9.17) is 52.1 Å². The average Bonchev–Trinajstić information content (AvgIpc) is 2.98. The molecule has 1 aliphatic heterocycles. The maximum absolute atomic E-state index is 13.1. The molecule has 3 rings (SSSR count). The van der Waals surface area contributed by atoms with E-state index in [1.54, 1.807) is 5.43 Å². The third-order valence-corrected chi connectivity index (χ3v) is 5.35. The van der Waals surface area contributed by atoms with Crippen molar-refractivity contribution >= 4 is 93.0 Å². The molecule has 5 amide bonds. The number of carbonyl (C=O) groups is 5. The Kier molecular flexibility index (Phi) is 7.23. The predicted molar refractivity (Wildman–Crippen MR) is 122 cm³/mol. The number of amides is 5. The van der Waals surface area contributed by atoms with Crippen LogP contribution in [0.15, 0.2) is 41.5 Å². The smallest absolute Gasteiger partial charge is 0.329 e. The van der Waals surface area contributed by atoms with E-state index < -0.39 is 41.2 Å². The Balaban J connectivity index is 2.03. The molecule has 1 heterocycles. The SMILES string of the molecule is NC(=O)C(=O)N/N=C1\C(=O)N(c2ccc(Cl)cc2Cl)C(=O)[C@@H]1C(=O)Nc1ccc(Cl)cc1Cl. The van der Waals surface area contributed by atoms with E-state index in [0.29, 0.717) is 9.92 Å². The first-order valence-corrected chi connectivity index (χ1v) is 10.3. The van der Waals surface area contributed by atoms with Gasteiger partial charge in [-0.05, 0) is 36.4 Å². The number of anilines is 2. The fraction of sp³-hybridized carbons (Fsp3) is 0.0526. The highest BCUT2D eigenvalue weighted by molar-refractivity contribution is 6.62.